The van der Waals surface area contributed by atoms with Crippen LogP contribution in [0.3, 0.4) is 0 Å². The maximum absolute atomic E-state index is 13.5. The largest absolute Gasteiger partial charge is 0.534 e. The lowest BCUT2D eigenvalue weighted by Gasteiger charge is -2.29. The highest BCUT2D eigenvalue weighted by Crippen LogP contribution is 2.43. The third-order valence-corrected chi connectivity index (χ3v) is 4.05. The topological polar surface area (TPSA) is 78.9 Å². The van der Waals surface area contributed by atoms with Gasteiger partial charge in [-0.05, 0) is 39.8 Å². The summed E-state index contributed by atoms with van der Waals surface area (Å²) in [6, 6.07) is 1.62. The minimum Gasteiger partial charge on any atom is -0.464 e. The number of alkyl halides is 6. The molecule has 0 radical (unpaired) electrons. The molecule has 1 atom stereocenters. The molecule has 0 N–H and O–H groups in total. The molecular weight excluding hydrogens is 434 g/mol. The molecule has 0 fully saturated rings. The molecule has 6 nitrogen and oxygen atoms in total. The number of esters is 1. The van der Waals surface area contributed by atoms with Crippen molar-refractivity contribution in [3.8, 4) is 5.75 Å². The monoisotopic (exact) mass is 452 g/mol. The molecule has 29 heavy (non-hydrogen) atoms. The molecule has 0 aliphatic carbocycles. The molecule has 0 aliphatic heterocycles. The van der Waals surface area contributed by atoms with Crippen molar-refractivity contribution in [3.63, 3.8) is 0 Å². The molecule has 1 unspecified atom stereocenters. The third-order valence-electron chi connectivity index (χ3n) is 3.09. The summed E-state index contributed by atoms with van der Waals surface area (Å²) >= 11 is 0. The number of ether oxygens (including phenoxy) is 2. The minimum atomic E-state index is -6.33. The zero-order valence-electron chi connectivity index (χ0n) is 15.6. The van der Waals surface area contributed by atoms with Crippen LogP contribution in [0.2, 0.25) is 0 Å². The molecule has 1 aromatic carbocycles. The lowest BCUT2D eigenvalue weighted by Crippen LogP contribution is -2.32. The van der Waals surface area contributed by atoms with Gasteiger partial charge >= 0.3 is 27.8 Å². The normalized spacial score (nSPS) is 14.4. The van der Waals surface area contributed by atoms with Gasteiger partial charge < -0.3 is 13.7 Å². The summed E-state index contributed by atoms with van der Waals surface area (Å²) in [7, 11) is -6.33. The van der Waals surface area contributed by atoms with Crippen molar-refractivity contribution in [1.29, 1.82) is 0 Å². The molecule has 166 valence electrons. The molecule has 0 amide bonds. The highest BCUT2D eigenvalue weighted by Gasteiger charge is 2.50. The molecule has 0 aliphatic rings. The van der Waals surface area contributed by atoms with E-state index in [2.05, 4.69) is 8.92 Å². The molecule has 1 rings (SSSR count). The van der Waals surface area contributed by atoms with E-state index in [1.165, 1.54) is 27.7 Å². The van der Waals surface area contributed by atoms with Crippen molar-refractivity contribution >= 4 is 16.1 Å². The first kappa shape index (κ1) is 25.0. The van der Waals surface area contributed by atoms with Crippen LogP contribution in [0.5, 0.6) is 5.75 Å². The second kappa shape index (κ2) is 8.38. The van der Waals surface area contributed by atoms with Gasteiger partial charge in [-0.2, -0.15) is 34.8 Å². The number of benzene rings is 1. The van der Waals surface area contributed by atoms with Gasteiger partial charge in [0.25, 0.3) is 0 Å². The van der Waals surface area contributed by atoms with Crippen LogP contribution in [-0.4, -0.2) is 32.1 Å². The van der Waals surface area contributed by atoms with E-state index in [-0.39, 0.29) is 6.61 Å². The van der Waals surface area contributed by atoms with Crippen LogP contribution < -0.4 is 4.18 Å². The van der Waals surface area contributed by atoms with E-state index in [9.17, 15) is 39.6 Å². The van der Waals surface area contributed by atoms with Crippen LogP contribution in [-0.2, 0) is 30.6 Å². The first-order valence-corrected chi connectivity index (χ1v) is 9.37. The molecule has 1 aromatic rings. The molecule has 0 saturated carbocycles. The second-order valence-electron chi connectivity index (χ2n) is 6.56. The fraction of sp³-hybridized carbons (Fsp3) is 0.562. The summed E-state index contributed by atoms with van der Waals surface area (Å²) < 4.78 is 115. The average Bonchev–Trinajstić information content (AvgIpc) is 2.49. The van der Waals surface area contributed by atoms with Crippen LogP contribution in [0, 0.1) is 0 Å². The van der Waals surface area contributed by atoms with Crippen molar-refractivity contribution in [1.82, 2.24) is 0 Å². The molecule has 0 saturated heterocycles. The zero-order valence-corrected chi connectivity index (χ0v) is 16.5. The lowest BCUT2D eigenvalue weighted by molar-refractivity contribution is -0.169. The van der Waals surface area contributed by atoms with Crippen LogP contribution in [0.15, 0.2) is 18.2 Å². The molecule has 0 aromatic heterocycles. The first-order chi connectivity index (χ1) is 12.9. The lowest BCUT2D eigenvalue weighted by atomic mass is 9.99. The van der Waals surface area contributed by atoms with Gasteiger partial charge in [-0.25, -0.2) is 4.79 Å². The van der Waals surface area contributed by atoms with Gasteiger partial charge in [-0.15, -0.1) is 0 Å². The van der Waals surface area contributed by atoms with E-state index < -0.39 is 56.4 Å². The summed E-state index contributed by atoms with van der Waals surface area (Å²) in [6.45, 7) is 5.15. The maximum Gasteiger partial charge on any atom is 0.534 e. The smallest absolute Gasteiger partial charge is 0.464 e. The molecular formula is C16H18F6O6S. The highest BCUT2D eigenvalue weighted by atomic mass is 32.2. The highest BCUT2D eigenvalue weighted by molar-refractivity contribution is 7.88. The fourth-order valence-electron chi connectivity index (χ4n) is 2.10. The van der Waals surface area contributed by atoms with E-state index in [1.54, 1.807) is 0 Å². The Morgan fingerprint density at radius 2 is 1.62 bits per heavy atom. The predicted molar refractivity (Wildman–Crippen MR) is 87.3 cm³/mol. The number of halogens is 6. The Hall–Kier alpha value is -2.02. The Labute approximate surface area is 162 Å². The van der Waals surface area contributed by atoms with Gasteiger partial charge in [0.1, 0.15) is 5.75 Å². The van der Waals surface area contributed by atoms with Crippen molar-refractivity contribution in [2.75, 3.05) is 6.61 Å². The number of rotatable bonds is 6. The Kier molecular flexibility index (Phi) is 7.23. The van der Waals surface area contributed by atoms with Crippen molar-refractivity contribution < 1.29 is 53.2 Å². The zero-order chi connectivity index (χ0) is 22.8. The van der Waals surface area contributed by atoms with Crippen molar-refractivity contribution in [3.05, 3.63) is 29.3 Å². The summed E-state index contributed by atoms with van der Waals surface area (Å²) in [5, 5.41) is 0. The number of carbonyl (C=O) groups is 1. The minimum absolute atomic E-state index is 0.284. The van der Waals surface area contributed by atoms with Crippen LogP contribution in [0.4, 0.5) is 26.3 Å². The van der Waals surface area contributed by atoms with Crippen LogP contribution >= 0.6 is 0 Å². The molecule has 0 spiro atoms. The SMILES string of the molecule is CCOC(=O)C(OC(C)(C)C)c1c(OS(=O)(=O)C(F)(F)F)cccc1C(F)(F)F. The number of carbonyl (C=O) groups excluding carboxylic acids is 1. The van der Waals surface area contributed by atoms with Gasteiger partial charge in [0.05, 0.1) is 17.8 Å². The Bertz CT molecular complexity index is 839. The maximum atomic E-state index is 13.5. The van der Waals surface area contributed by atoms with Gasteiger partial charge in [0.15, 0.2) is 6.10 Å². The average molecular weight is 452 g/mol. The predicted octanol–water partition coefficient (Wildman–Crippen LogP) is 4.35. The van der Waals surface area contributed by atoms with E-state index in [1.807, 2.05) is 0 Å². The van der Waals surface area contributed by atoms with Crippen molar-refractivity contribution in [2.45, 2.75) is 51.1 Å². The van der Waals surface area contributed by atoms with Gasteiger partial charge in [0.2, 0.25) is 0 Å². The quantitative estimate of drug-likeness (QED) is 0.276. The molecule has 0 bridgehead atoms. The second-order valence-corrected chi connectivity index (χ2v) is 8.10. The van der Waals surface area contributed by atoms with Gasteiger partial charge in [0, 0.05) is 5.56 Å². The summed E-state index contributed by atoms with van der Waals surface area (Å²) in [5.74, 6) is -2.73. The number of hydrogen-bond donors (Lipinski definition) is 0. The standard InChI is InChI=1S/C16H18F6O6S/c1-5-26-13(23)12(27-14(2,3)4)11-9(15(17,18)19)7-6-8-10(11)28-29(24,25)16(20,21)22/h6-8,12H,5H2,1-4H3. The van der Waals surface area contributed by atoms with E-state index in [0.29, 0.717) is 18.2 Å². The van der Waals surface area contributed by atoms with Crippen molar-refractivity contribution in [2.24, 2.45) is 0 Å². The first-order valence-electron chi connectivity index (χ1n) is 7.96. The summed E-state index contributed by atoms with van der Waals surface area (Å²) in [6.07, 6.45) is -7.39. The van der Waals surface area contributed by atoms with Crippen LogP contribution in [0.25, 0.3) is 0 Å². The third kappa shape index (κ3) is 6.49. The molecule has 0 heterocycles. The summed E-state index contributed by atoms with van der Waals surface area (Å²) in [5.41, 5.74) is -10.0. The van der Waals surface area contributed by atoms with E-state index in [4.69, 9.17) is 4.74 Å². The van der Waals surface area contributed by atoms with Crippen LogP contribution in [0.1, 0.15) is 44.9 Å². The van der Waals surface area contributed by atoms with Gasteiger partial charge in [-0.3, -0.25) is 0 Å². The Morgan fingerprint density at radius 3 is 2.03 bits per heavy atom. The number of hydrogen-bond acceptors (Lipinski definition) is 6. The fourth-order valence-corrected chi connectivity index (χ4v) is 2.57. The molecule has 13 heteroatoms. The van der Waals surface area contributed by atoms with E-state index in [0.717, 1.165) is 0 Å². The Balaban J connectivity index is 3.79. The summed E-state index contributed by atoms with van der Waals surface area (Å²) in [4.78, 5) is 12.3. The Morgan fingerprint density at radius 1 is 1.07 bits per heavy atom. The van der Waals surface area contributed by atoms with Gasteiger partial charge in [-0.1, -0.05) is 6.07 Å². The van der Waals surface area contributed by atoms with E-state index >= 15 is 0 Å².